The Balaban J connectivity index is 1.32. The van der Waals surface area contributed by atoms with Crippen LogP contribution in [0.5, 0.6) is 5.75 Å². The van der Waals surface area contributed by atoms with Gasteiger partial charge in [-0.25, -0.2) is 9.07 Å². The third kappa shape index (κ3) is 6.11. The minimum absolute atomic E-state index is 0.0642. The molecule has 33 heavy (non-hydrogen) atoms. The van der Waals surface area contributed by atoms with Gasteiger partial charge in [-0.3, -0.25) is 4.79 Å². The molecule has 168 valence electrons. The molecule has 0 saturated carbocycles. The maximum absolute atomic E-state index is 13.0. The first-order valence-electron chi connectivity index (χ1n) is 10.2. The highest BCUT2D eigenvalue weighted by Crippen LogP contribution is 2.21. The number of carbonyl (C=O) groups is 1. The number of hydrogen-bond acceptors (Lipinski definition) is 6. The van der Waals surface area contributed by atoms with Crippen LogP contribution in [0.25, 0.3) is 0 Å². The predicted octanol–water partition coefficient (Wildman–Crippen LogP) is 4.03. The Labute approximate surface area is 194 Å². The summed E-state index contributed by atoms with van der Waals surface area (Å²) in [6, 6.07) is 23.5. The number of anilines is 1. The first-order chi connectivity index (χ1) is 16.1. The van der Waals surface area contributed by atoms with Gasteiger partial charge in [0, 0.05) is 5.69 Å². The van der Waals surface area contributed by atoms with Crippen LogP contribution < -0.4 is 15.9 Å². The highest BCUT2D eigenvalue weighted by molar-refractivity contribution is 7.99. The zero-order chi connectivity index (χ0) is 23.0. The van der Waals surface area contributed by atoms with Crippen molar-refractivity contribution in [2.45, 2.75) is 18.2 Å². The molecule has 0 aliphatic heterocycles. The lowest BCUT2D eigenvalue weighted by molar-refractivity contribution is -0.113. The molecule has 0 saturated heterocycles. The standard InChI is InChI=1S/C24H22FN5O2S/c25-19-10-12-20(13-11-19)32-15-22-28-29-24(30(22)26)33-16-23(31)27-21-9-5-4-8-18(21)14-17-6-2-1-3-7-17/h1-13H,14-16,26H2,(H,27,31). The molecule has 0 spiro atoms. The number of nitrogens with zero attached hydrogens (tertiary/aromatic N) is 3. The van der Waals surface area contributed by atoms with Gasteiger partial charge in [0.2, 0.25) is 11.1 Å². The van der Waals surface area contributed by atoms with Gasteiger partial charge in [0.25, 0.3) is 0 Å². The number of ether oxygens (including phenoxy) is 1. The monoisotopic (exact) mass is 463 g/mol. The molecule has 7 nitrogen and oxygen atoms in total. The van der Waals surface area contributed by atoms with Gasteiger partial charge in [-0.05, 0) is 47.9 Å². The zero-order valence-corrected chi connectivity index (χ0v) is 18.5. The van der Waals surface area contributed by atoms with Crippen LogP contribution in [-0.4, -0.2) is 26.5 Å². The number of benzene rings is 3. The summed E-state index contributed by atoms with van der Waals surface area (Å²) in [5.41, 5.74) is 2.97. The molecule has 1 aromatic heterocycles. The van der Waals surface area contributed by atoms with Gasteiger partial charge in [-0.2, -0.15) is 0 Å². The topological polar surface area (TPSA) is 95.1 Å². The molecule has 3 N–H and O–H groups in total. The van der Waals surface area contributed by atoms with Crippen LogP contribution in [0.2, 0.25) is 0 Å². The second-order valence-electron chi connectivity index (χ2n) is 7.17. The minimum Gasteiger partial charge on any atom is -0.486 e. The summed E-state index contributed by atoms with van der Waals surface area (Å²) in [7, 11) is 0. The van der Waals surface area contributed by atoms with E-state index in [4.69, 9.17) is 10.6 Å². The van der Waals surface area contributed by atoms with E-state index < -0.39 is 0 Å². The van der Waals surface area contributed by atoms with E-state index in [0.717, 1.165) is 17.7 Å². The summed E-state index contributed by atoms with van der Waals surface area (Å²) in [5.74, 6) is 6.51. The van der Waals surface area contributed by atoms with Crippen molar-refractivity contribution in [3.05, 3.63) is 102 Å². The summed E-state index contributed by atoms with van der Waals surface area (Å²) in [6.07, 6.45) is 0.721. The van der Waals surface area contributed by atoms with Crippen molar-refractivity contribution in [3.63, 3.8) is 0 Å². The third-order valence-electron chi connectivity index (χ3n) is 4.78. The fraction of sp³-hybridized carbons (Fsp3) is 0.125. The summed E-state index contributed by atoms with van der Waals surface area (Å²) < 4.78 is 19.8. The zero-order valence-electron chi connectivity index (χ0n) is 17.6. The van der Waals surface area contributed by atoms with Crippen molar-refractivity contribution < 1.29 is 13.9 Å². The fourth-order valence-electron chi connectivity index (χ4n) is 3.11. The summed E-state index contributed by atoms with van der Waals surface area (Å²) in [4.78, 5) is 12.6. The maximum atomic E-state index is 13.0. The number of halogens is 1. The number of nitrogens with two attached hydrogens (primary N) is 1. The van der Waals surface area contributed by atoms with Crippen LogP contribution in [0.4, 0.5) is 10.1 Å². The van der Waals surface area contributed by atoms with Crippen LogP contribution in [0, 0.1) is 5.82 Å². The van der Waals surface area contributed by atoms with Gasteiger partial charge in [-0.15, -0.1) is 10.2 Å². The van der Waals surface area contributed by atoms with E-state index in [-0.39, 0.29) is 24.1 Å². The molecule has 9 heteroatoms. The minimum atomic E-state index is -0.344. The normalized spacial score (nSPS) is 10.7. The maximum Gasteiger partial charge on any atom is 0.234 e. The lowest BCUT2D eigenvalue weighted by atomic mass is 10.0. The molecule has 0 aliphatic carbocycles. The van der Waals surface area contributed by atoms with Crippen molar-refractivity contribution in [2.75, 3.05) is 16.9 Å². The molecule has 0 unspecified atom stereocenters. The number of nitrogen functional groups attached to an aromatic ring is 1. The molecule has 4 rings (SSSR count). The van der Waals surface area contributed by atoms with E-state index in [9.17, 15) is 9.18 Å². The molecule has 0 atom stereocenters. The number of nitrogens with one attached hydrogen (secondary N) is 1. The van der Waals surface area contributed by atoms with Crippen LogP contribution in [0.3, 0.4) is 0 Å². The van der Waals surface area contributed by atoms with Gasteiger partial charge in [-0.1, -0.05) is 60.3 Å². The Hall–Kier alpha value is -3.85. The second-order valence-corrected chi connectivity index (χ2v) is 8.11. The Bertz CT molecular complexity index is 1220. The lowest BCUT2D eigenvalue weighted by Crippen LogP contribution is -2.18. The quantitative estimate of drug-likeness (QED) is 0.287. The van der Waals surface area contributed by atoms with Crippen molar-refractivity contribution in [1.82, 2.24) is 14.9 Å². The molecule has 3 aromatic carbocycles. The van der Waals surface area contributed by atoms with Crippen molar-refractivity contribution in [3.8, 4) is 5.75 Å². The highest BCUT2D eigenvalue weighted by Gasteiger charge is 2.14. The summed E-state index contributed by atoms with van der Waals surface area (Å²) in [5, 5.41) is 11.4. The fourth-order valence-corrected chi connectivity index (χ4v) is 3.79. The van der Waals surface area contributed by atoms with Gasteiger partial charge in [0.15, 0.2) is 5.82 Å². The van der Waals surface area contributed by atoms with Gasteiger partial charge >= 0.3 is 0 Å². The van der Waals surface area contributed by atoms with Gasteiger partial charge in [0.1, 0.15) is 18.2 Å². The third-order valence-corrected chi connectivity index (χ3v) is 5.72. The second kappa shape index (κ2) is 10.6. The SMILES string of the molecule is Nn1c(COc2ccc(F)cc2)nnc1SCC(=O)Nc1ccccc1Cc1ccccc1. The summed E-state index contributed by atoms with van der Waals surface area (Å²) >= 11 is 1.18. The van der Waals surface area contributed by atoms with E-state index in [1.165, 1.54) is 46.3 Å². The Morgan fingerprint density at radius 1 is 1.00 bits per heavy atom. The van der Waals surface area contributed by atoms with Crippen molar-refractivity contribution in [2.24, 2.45) is 0 Å². The van der Waals surface area contributed by atoms with E-state index in [1.54, 1.807) is 0 Å². The number of para-hydroxylation sites is 1. The number of amides is 1. The molecule has 0 fully saturated rings. The van der Waals surface area contributed by atoms with Crippen LogP contribution in [0.15, 0.2) is 84.0 Å². The molecule has 0 bridgehead atoms. The molecule has 1 amide bonds. The van der Waals surface area contributed by atoms with Crippen molar-refractivity contribution >= 4 is 23.4 Å². The van der Waals surface area contributed by atoms with Crippen LogP contribution >= 0.6 is 11.8 Å². The Morgan fingerprint density at radius 3 is 2.52 bits per heavy atom. The predicted molar refractivity (Wildman–Crippen MR) is 126 cm³/mol. The summed E-state index contributed by atoms with van der Waals surface area (Å²) in [6.45, 7) is 0.0642. The molecule has 4 aromatic rings. The van der Waals surface area contributed by atoms with Crippen LogP contribution in [0.1, 0.15) is 17.0 Å². The van der Waals surface area contributed by atoms with Gasteiger partial charge in [0.05, 0.1) is 5.75 Å². The van der Waals surface area contributed by atoms with Gasteiger partial charge < -0.3 is 15.9 Å². The largest absolute Gasteiger partial charge is 0.486 e. The first kappa shape index (κ1) is 22.3. The smallest absolute Gasteiger partial charge is 0.234 e. The molecule has 1 heterocycles. The van der Waals surface area contributed by atoms with E-state index in [0.29, 0.717) is 16.7 Å². The van der Waals surface area contributed by atoms with E-state index in [2.05, 4.69) is 27.6 Å². The first-order valence-corrected chi connectivity index (χ1v) is 11.2. The number of thioether (sulfide) groups is 1. The number of rotatable bonds is 9. The molecule has 0 aliphatic rings. The van der Waals surface area contributed by atoms with E-state index in [1.807, 2.05) is 42.5 Å². The average molecular weight is 464 g/mol. The van der Waals surface area contributed by atoms with E-state index >= 15 is 0 Å². The number of hydrogen-bond donors (Lipinski definition) is 2. The molecular weight excluding hydrogens is 441 g/mol. The Kier molecular flexibility index (Phi) is 7.21. The Morgan fingerprint density at radius 2 is 1.73 bits per heavy atom. The highest BCUT2D eigenvalue weighted by atomic mass is 32.2. The molecular formula is C24H22FN5O2S. The lowest BCUT2D eigenvalue weighted by Gasteiger charge is -2.11. The molecule has 0 radical (unpaired) electrons. The number of aromatic nitrogens is 3. The average Bonchev–Trinajstić information content (AvgIpc) is 3.18. The van der Waals surface area contributed by atoms with Crippen molar-refractivity contribution in [1.29, 1.82) is 0 Å². The van der Waals surface area contributed by atoms with Crippen LogP contribution in [-0.2, 0) is 17.8 Å². The number of carbonyl (C=O) groups excluding carboxylic acids is 1.